The lowest BCUT2D eigenvalue weighted by Crippen LogP contribution is -2.30. The summed E-state index contributed by atoms with van der Waals surface area (Å²) < 4.78 is 56.1. The van der Waals surface area contributed by atoms with Crippen molar-refractivity contribution in [1.82, 2.24) is 5.32 Å². The number of hydrogen-bond donors (Lipinski definition) is 1. The van der Waals surface area contributed by atoms with Gasteiger partial charge in [0.15, 0.2) is 0 Å². The predicted octanol–water partition coefficient (Wildman–Crippen LogP) is 2.61. The van der Waals surface area contributed by atoms with Gasteiger partial charge in [-0.3, -0.25) is 4.79 Å². The lowest BCUT2D eigenvalue weighted by molar-refractivity contribution is -0.137. The van der Waals surface area contributed by atoms with Crippen LogP contribution in [0.3, 0.4) is 0 Å². The van der Waals surface area contributed by atoms with Gasteiger partial charge in [-0.2, -0.15) is 13.2 Å². The van der Waals surface area contributed by atoms with Crippen molar-refractivity contribution in [3.05, 3.63) is 35.1 Å². The molecule has 7 heteroatoms. The molecule has 0 saturated carbocycles. The molecule has 1 fully saturated rings. The number of hydrogen-bond acceptors (Lipinski definition) is 2. The Morgan fingerprint density at radius 1 is 1.40 bits per heavy atom. The van der Waals surface area contributed by atoms with E-state index in [1.165, 1.54) is 0 Å². The van der Waals surface area contributed by atoms with Crippen LogP contribution in [0.1, 0.15) is 22.3 Å². The molecule has 110 valence electrons. The molecule has 1 aliphatic heterocycles. The molecule has 1 unspecified atom stereocenters. The van der Waals surface area contributed by atoms with E-state index in [0.717, 1.165) is 6.42 Å². The molecule has 0 spiro atoms. The van der Waals surface area contributed by atoms with Gasteiger partial charge in [0.1, 0.15) is 5.82 Å². The van der Waals surface area contributed by atoms with Crippen LogP contribution >= 0.6 is 0 Å². The molecular weight excluding hydrogens is 278 g/mol. The third-order valence-electron chi connectivity index (χ3n) is 3.11. The summed E-state index contributed by atoms with van der Waals surface area (Å²) in [6, 6.07) is 1.78. The van der Waals surface area contributed by atoms with Gasteiger partial charge in [-0.05, 0) is 24.6 Å². The molecule has 0 bridgehead atoms. The largest absolute Gasteiger partial charge is 0.416 e. The monoisotopic (exact) mass is 291 g/mol. The minimum absolute atomic E-state index is 0.118. The van der Waals surface area contributed by atoms with Gasteiger partial charge in [-0.1, -0.05) is 0 Å². The number of rotatable bonds is 3. The van der Waals surface area contributed by atoms with Crippen LogP contribution < -0.4 is 5.32 Å². The van der Waals surface area contributed by atoms with E-state index in [-0.39, 0.29) is 12.5 Å². The second-order valence-electron chi connectivity index (χ2n) is 4.63. The summed E-state index contributed by atoms with van der Waals surface area (Å²) in [4.78, 5) is 11.7. The molecule has 2 rings (SSSR count). The second kappa shape index (κ2) is 5.78. The minimum Gasteiger partial charge on any atom is -0.381 e. The molecule has 0 aliphatic carbocycles. The molecule has 1 saturated heterocycles. The van der Waals surface area contributed by atoms with E-state index in [0.29, 0.717) is 31.4 Å². The molecule has 1 N–H and O–H groups in total. The third-order valence-corrected chi connectivity index (χ3v) is 3.11. The molecule has 1 aromatic rings. The zero-order valence-electron chi connectivity index (χ0n) is 10.5. The zero-order valence-corrected chi connectivity index (χ0v) is 10.5. The van der Waals surface area contributed by atoms with Crippen LogP contribution in [0.5, 0.6) is 0 Å². The van der Waals surface area contributed by atoms with Gasteiger partial charge in [0.25, 0.3) is 5.91 Å². The Balaban J connectivity index is 2.08. The predicted molar refractivity (Wildman–Crippen MR) is 62.7 cm³/mol. The Bertz CT molecular complexity index is 496. The summed E-state index contributed by atoms with van der Waals surface area (Å²) in [7, 11) is 0. The van der Waals surface area contributed by atoms with Gasteiger partial charge in [0.2, 0.25) is 0 Å². The highest BCUT2D eigenvalue weighted by atomic mass is 19.4. The van der Waals surface area contributed by atoms with Gasteiger partial charge in [-0.15, -0.1) is 0 Å². The maximum absolute atomic E-state index is 13.5. The second-order valence-corrected chi connectivity index (χ2v) is 4.63. The van der Waals surface area contributed by atoms with Crippen LogP contribution in [0.15, 0.2) is 18.2 Å². The molecule has 1 amide bonds. The summed E-state index contributed by atoms with van der Waals surface area (Å²) in [5.41, 5.74) is -1.65. The van der Waals surface area contributed by atoms with E-state index in [9.17, 15) is 22.4 Å². The molecule has 1 atom stereocenters. The molecule has 3 nitrogen and oxygen atoms in total. The van der Waals surface area contributed by atoms with E-state index in [1.807, 2.05) is 0 Å². The third kappa shape index (κ3) is 3.47. The van der Waals surface area contributed by atoms with Crippen molar-refractivity contribution in [2.24, 2.45) is 5.92 Å². The van der Waals surface area contributed by atoms with Crippen molar-refractivity contribution >= 4 is 5.91 Å². The van der Waals surface area contributed by atoms with Crippen LogP contribution in [0.4, 0.5) is 17.6 Å². The van der Waals surface area contributed by atoms with Crippen molar-refractivity contribution in [2.45, 2.75) is 12.6 Å². The molecule has 1 aromatic carbocycles. The molecule has 0 aromatic heterocycles. The van der Waals surface area contributed by atoms with E-state index in [4.69, 9.17) is 4.74 Å². The van der Waals surface area contributed by atoms with E-state index in [1.54, 1.807) is 0 Å². The number of amides is 1. The molecule has 0 radical (unpaired) electrons. The molecule has 20 heavy (non-hydrogen) atoms. The van der Waals surface area contributed by atoms with Crippen molar-refractivity contribution in [2.75, 3.05) is 19.8 Å². The maximum atomic E-state index is 13.5. The maximum Gasteiger partial charge on any atom is 0.416 e. The first-order valence-corrected chi connectivity index (χ1v) is 6.10. The Hall–Kier alpha value is -1.63. The Labute approximate surface area is 112 Å². The van der Waals surface area contributed by atoms with Gasteiger partial charge in [-0.25, -0.2) is 4.39 Å². The first-order chi connectivity index (χ1) is 9.38. The fraction of sp³-hybridized carbons (Fsp3) is 0.462. The fourth-order valence-corrected chi connectivity index (χ4v) is 1.95. The molecule has 1 aliphatic rings. The number of halogens is 4. The highest BCUT2D eigenvalue weighted by Crippen LogP contribution is 2.30. The summed E-state index contributed by atoms with van der Waals surface area (Å²) in [5, 5.41) is 2.43. The van der Waals surface area contributed by atoms with E-state index >= 15 is 0 Å². The quantitative estimate of drug-likeness (QED) is 0.869. The Morgan fingerprint density at radius 2 is 2.15 bits per heavy atom. The standard InChI is InChI=1S/C13H13F4NO2/c14-11-2-1-9(13(15,16)17)5-10(11)12(19)18-6-8-3-4-20-7-8/h1-2,5,8H,3-4,6-7H2,(H,18,19). The number of ether oxygens (including phenoxy) is 1. The topological polar surface area (TPSA) is 38.3 Å². The SMILES string of the molecule is O=C(NCC1CCOC1)c1cc(C(F)(F)F)ccc1F. The smallest absolute Gasteiger partial charge is 0.381 e. The van der Waals surface area contributed by atoms with Crippen LogP contribution in [-0.4, -0.2) is 25.7 Å². The summed E-state index contributed by atoms with van der Waals surface area (Å²) in [6.07, 6.45) is -3.84. The number of carbonyl (C=O) groups excluding carboxylic acids is 1. The van der Waals surface area contributed by atoms with E-state index < -0.39 is 29.0 Å². The van der Waals surface area contributed by atoms with E-state index in [2.05, 4.69) is 5.32 Å². The average molecular weight is 291 g/mol. The highest BCUT2D eigenvalue weighted by molar-refractivity contribution is 5.94. The van der Waals surface area contributed by atoms with Gasteiger partial charge >= 0.3 is 6.18 Å². The number of benzene rings is 1. The van der Waals surface area contributed by atoms with Crippen LogP contribution in [-0.2, 0) is 10.9 Å². The van der Waals surface area contributed by atoms with Crippen LogP contribution in [0, 0.1) is 11.7 Å². The fourth-order valence-electron chi connectivity index (χ4n) is 1.95. The van der Waals surface area contributed by atoms with Crippen molar-refractivity contribution in [1.29, 1.82) is 0 Å². The number of alkyl halides is 3. The summed E-state index contributed by atoms with van der Waals surface area (Å²) in [6.45, 7) is 1.35. The van der Waals surface area contributed by atoms with Gasteiger partial charge in [0.05, 0.1) is 17.7 Å². The van der Waals surface area contributed by atoms with Gasteiger partial charge < -0.3 is 10.1 Å². The summed E-state index contributed by atoms with van der Waals surface area (Å²) in [5.74, 6) is -1.70. The normalized spacial score (nSPS) is 19.1. The Kier molecular flexibility index (Phi) is 4.27. The lowest BCUT2D eigenvalue weighted by Gasteiger charge is -2.12. The minimum atomic E-state index is -4.61. The molecular formula is C13H13F4NO2. The van der Waals surface area contributed by atoms with Crippen LogP contribution in [0.2, 0.25) is 0 Å². The average Bonchev–Trinajstić information content (AvgIpc) is 2.88. The van der Waals surface area contributed by atoms with Gasteiger partial charge in [0, 0.05) is 19.1 Å². The first kappa shape index (κ1) is 14.8. The number of carbonyl (C=O) groups is 1. The van der Waals surface area contributed by atoms with Crippen molar-refractivity contribution < 1.29 is 27.1 Å². The van der Waals surface area contributed by atoms with Crippen LogP contribution in [0.25, 0.3) is 0 Å². The highest BCUT2D eigenvalue weighted by Gasteiger charge is 2.32. The molecule has 1 heterocycles. The Morgan fingerprint density at radius 3 is 2.75 bits per heavy atom. The van der Waals surface area contributed by atoms with Crippen molar-refractivity contribution in [3.63, 3.8) is 0 Å². The number of nitrogens with one attached hydrogen (secondary N) is 1. The lowest BCUT2D eigenvalue weighted by atomic mass is 10.1. The van der Waals surface area contributed by atoms with Crippen molar-refractivity contribution in [3.8, 4) is 0 Å². The first-order valence-electron chi connectivity index (χ1n) is 6.10. The zero-order chi connectivity index (χ0) is 14.8. The summed E-state index contributed by atoms with van der Waals surface area (Å²) >= 11 is 0.